The predicted octanol–water partition coefficient (Wildman–Crippen LogP) is 5.30. The SMILES string of the molecule is CC[C@H](C)[C@@H]([C@@H](CC(=O)N1CCC[C@H]1[C@H](OC)[C@@H](C)C(=O)N[C@@H](Cc1ccccc1)C(=O)OC(C)(C)C(C)(C)C)OC)N(C)C(=O)[C@@H](NC(=O)N(C)C)C(C)C. The van der Waals surface area contributed by atoms with Gasteiger partial charge < -0.3 is 39.5 Å². The van der Waals surface area contributed by atoms with Gasteiger partial charge in [-0.2, -0.15) is 0 Å². The number of nitrogens with zero attached hydrogens (tertiary/aromatic N) is 3. The molecule has 1 aliphatic rings. The fraction of sp³-hybridized carbons (Fsp3) is 0.744. The van der Waals surface area contributed by atoms with E-state index in [1.807, 2.05) is 92.6 Å². The highest BCUT2D eigenvalue weighted by molar-refractivity contribution is 5.88. The molecule has 0 aliphatic carbocycles. The van der Waals surface area contributed by atoms with E-state index in [2.05, 4.69) is 10.6 Å². The summed E-state index contributed by atoms with van der Waals surface area (Å²) >= 11 is 0. The van der Waals surface area contributed by atoms with Gasteiger partial charge in [-0.3, -0.25) is 14.4 Å². The van der Waals surface area contributed by atoms with Crippen LogP contribution in [0.4, 0.5) is 4.79 Å². The van der Waals surface area contributed by atoms with Crippen molar-refractivity contribution in [3.05, 3.63) is 35.9 Å². The number of likely N-dealkylation sites (N-methyl/N-ethyl adjacent to an activating group) is 1. The zero-order valence-corrected chi connectivity index (χ0v) is 36.9. The van der Waals surface area contributed by atoms with Crippen LogP contribution in [0, 0.1) is 23.2 Å². The Morgan fingerprint density at radius 1 is 0.911 bits per heavy atom. The summed E-state index contributed by atoms with van der Waals surface area (Å²) in [5.41, 5.74) is -0.276. The van der Waals surface area contributed by atoms with Crippen LogP contribution in [0.25, 0.3) is 0 Å². The maximum atomic E-state index is 14.3. The summed E-state index contributed by atoms with van der Waals surface area (Å²) in [4.78, 5) is 73.3. The van der Waals surface area contributed by atoms with Crippen molar-refractivity contribution in [2.75, 3.05) is 41.9 Å². The highest BCUT2D eigenvalue weighted by Gasteiger charge is 2.44. The molecular weight excluding hydrogens is 714 g/mol. The van der Waals surface area contributed by atoms with Gasteiger partial charge in [0.25, 0.3) is 0 Å². The number of likely N-dealkylation sites (tertiary alicyclic amines) is 1. The summed E-state index contributed by atoms with van der Waals surface area (Å²) in [6.45, 7) is 19.8. The van der Waals surface area contributed by atoms with Crippen molar-refractivity contribution in [3.8, 4) is 0 Å². The van der Waals surface area contributed by atoms with Crippen molar-refractivity contribution in [2.45, 2.75) is 143 Å². The largest absolute Gasteiger partial charge is 0.458 e. The Morgan fingerprint density at radius 3 is 2.02 bits per heavy atom. The lowest BCUT2D eigenvalue weighted by Gasteiger charge is -2.41. The van der Waals surface area contributed by atoms with Crippen LogP contribution in [-0.2, 0) is 39.8 Å². The van der Waals surface area contributed by atoms with Crippen molar-refractivity contribution in [3.63, 3.8) is 0 Å². The first-order chi connectivity index (χ1) is 26.0. The third kappa shape index (κ3) is 12.6. The van der Waals surface area contributed by atoms with E-state index in [4.69, 9.17) is 14.2 Å². The number of carbonyl (C=O) groups is 5. The maximum Gasteiger partial charge on any atom is 0.329 e. The van der Waals surface area contributed by atoms with Crippen molar-refractivity contribution in [1.82, 2.24) is 25.3 Å². The van der Waals surface area contributed by atoms with Gasteiger partial charge in [0.05, 0.1) is 36.6 Å². The topological polar surface area (TPSA) is 147 Å². The van der Waals surface area contributed by atoms with Crippen molar-refractivity contribution >= 4 is 29.7 Å². The van der Waals surface area contributed by atoms with Crippen LogP contribution in [0.2, 0.25) is 0 Å². The molecule has 13 heteroatoms. The minimum atomic E-state index is -0.945. The quantitative estimate of drug-likeness (QED) is 0.180. The van der Waals surface area contributed by atoms with Gasteiger partial charge in [-0.15, -0.1) is 0 Å². The van der Waals surface area contributed by atoms with Crippen molar-refractivity contribution < 1.29 is 38.2 Å². The molecule has 0 spiro atoms. The van der Waals surface area contributed by atoms with E-state index in [0.29, 0.717) is 13.0 Å². The van der Waals surface area contributed by atoms with E-state index in [-0.39, 0.29) is 53.8 Å². The maximum absolute atomic E-state index is 14.3. The fourth-order valence-electron chi connectivity index (χ4n) is 7.12. The molecule has 1 saturated heterocycles. The molecular formula is C43H73N5O8. The van der Waals surface area contributed by atoms with Crippen LogP contribution in [0.3, 0.4) is 0 Å². The second-order valence-electron chi connectivity index (χ2n) is 17.6. The normalized spacial score (nSPS) is 18.6. The first-order valence-electron chi connectivity index (χ1n) is 20.2. The second-order valence-corrected chi connectivity index (χ2v) is 17.6. The Hall–Kier alpha value is -3.71. The molecule has 0 radical (unpaired) electrons. The van der Waals surface area contributed by atoms with Gasteiger partial charge in [-0.1, -0.05) is 92.1 Å². The average Bonchev–Trinajstić information content (AvgIpc) is 3.62. The summed E-state index contributed by atoms with van der Waals surface area (Å²) in [5, 5.41) is 5.82. The van der Waals surface area contributed by atoms with E-state index in [0.717, 1.165) is 18.4 Å². The lowest BCUT2D eigenvalue weighted by molar-refractivity contribution is -0.171. The summed E-state index contributed by atoms with van der Waals surface area (Å²) in [6, 6.07) is 6.53. The van der Waals surface area contributed by atoms with Crippen LogP contribution < -0.4 is 10.6 Å². The minimum Gasteiger partial charge on any atom is -0.458 e. The van der Waals surface area contributed by atoms with E-state index in [9.17, 15) is 24.0 Å². The first-order valence-corrected chi connectivity index (χ1v) is 20.2. The second kappa shape index (κ2) is 21.2. The lowest BCUT2D eigenvalue weighted by Crippen LogP contribution is -2.58. The Labute approximate surface area is 336 Å². The molecule has 0 unspecified atom stereocenters. The van der Waals surface area contributed by atoms with E-state index < -0.39 is 53.9 Å². The van der Waals surface area contributed by atoms with Crippen LogP contribution in [0.1, 0.15) is 100 Å². The lowest BCUT2D eigenvalue weighted by atomic mass is 9.79. The number of rotatable bonds is 19. The Morgan fingerprint density at radius 2 is 1.52 bits per heavy atom. The van der Waals surface area contributed by atoms with Gasteiger partial charge in [0.15, 0.2) is 0 Å². The molecule has 1 heterocycles. The number of hydrogen-bond acceptors (Lipinski definition) is 8. The molecule has 2 rings (SSSR count). The highest BCUT2D eigenvalue weighted by atomic mass is 16.6. The molecule has 13 nitrogen and oxygen atoms in total. The fourth-order valence-corrected chi connectivity index (χ4v) is 7.12. The Balaban J connectivity index is 2.33. The number of carbonyl (C=O) groups excluding carboxylic acids is 5. The molecule has 1 aromatic rings. The zero-order valence-electron chi connectivity index (χ0n) is 36.9. The van der Waals surface area contributed by atoms with Gasteiger partial charge in [0.2, 0.25) is 17.7 Å². The molecule has 0 saturated carbocycles. The number of nitrogens with one attached hydrogen (secondary N) is 2. The van der Waals surface area contributed by atoms with Crippen molar-refractivity contribution in [1.29, 1.82) is 0 Å². The molecule has 56 heavy (non-hydrogen) atoms. The third-order valence-electron chi connectivity index (χ3n) is 11.9. The molecule has 1 aromatic carbocycles. The first kappa shape index (κ1) is 48.4. The predicted molar refractivity (Wildman–Crippen MR) is 219 cm³/mol. The number of urea groups is 1. The van der Waals surface area contributed by atoms with Gasteiger partial charge in [-0.25, -0.2) is 9.59 Å². The minimum absolute atomic E-state index is 0.00158. The molecule has 1 aliphatic heterocycles. The smallest absolute Gasteiger partial charge is 0.329 e. The summed E-state index contributed by atoms with van der Waals surface area (Å²) in [5.74, 6) is -2.27. The molecule has 5 amide bonds. The number of esters is 1. The van der Waals surface area contributed by atoms with E-state index in [1.54, 1.807) is 45.0 Å². The summed E-state index contributed by atoms with van der Waals surface area (Å²) in [7, 11) is 8.03. The average molecular weight is 788 g/mol. The van der Waals surface area contributed by atoms with E-state index >= 15 is 0 Å². The van der Waals surface area contributed by atoms with Crippen LogP contribution in [0.15, 0.2) is 30.3 Å². The molecule has 0 bridgehead atoms. The van der Waals surface area contributed by atoms with Crippen LogP contribution in [0.5, 0.6) is 0 Å². The number of amides is 5. The van der Waals surface area contributed by atoms with Crippen LogP contribution in [-0.4, -0.2) is 128 Å². The molecule has 0 aromatic heterocycles. The van der Waals surface area contributed by atoms with Crippen LogP contribution >= 0.6 is 0 Å². The number of benzene rings is 1. The molecule has 318 valence electrons. The summed E-state index contributed by atoms with van der Waals surface area (Å²) in [6.07, 6.45) is 1.02. The number of ether oxygens (including phenoxy) is 3. The summed E-state index contributed by atoms with van der Waals surface area (Å²) < 4.78 is 18.0. The number of methoxy groups -OCH3 is 2. The molecule has 2 N–H and O–H groups in total. The third-order valence-corrected chi connectivity index (χ3v) is 11.9. The Bertz CT molecular complexity index is 1450. The number of hydrogen-bond donors (Lipinski definition) is 2. The standard InChI is InChI=1S/C43H73N5O8/c1-16-28(4)36(47(13)39(51)35(27(2)3)45-41(53)46(11)12)33(54-14)26-34(49)48-24-20-23-32(48)37(55-15)29(5)38(50)44-31(25-30-21-18-17-19-22-30)40(52)56-43(9,10)42(6,7)8/h17-19,21-22,27-29,31-33,35-37H,16,20,23-26H2,1-15H3,(H,44,50)(H,45,53)/t28-,29+,31-,32-,33+,35-,36-,37+/m0/s1. The molecule has 1 fully saturated rings. The van der Waals surface area contributed by atoms with E-state index in [1.165, 1.54) is 12.0 Å². The highest BCUT2D eigenvalue weighted by Crippen LogP contribution is 2.34. The van der Waals surface area contributed by atoms with Gasteiger partial charge in [-0.05, 0) is 44.1 Å². The van der Waals surface area contributed by atoms with Gasteiger partial charge in [0, 0.05) is 53.7 Å². The monoisotopic (exact) mass is 788 g/mol. The van der Waals surface area contributed by atoms with Gasteiger partial charge >= 0.3 is 12.0 Å². The Kier molecular flexibility index (Phi) is 18.3. The molecule has 8 atom stereocenters. The van der Waals surface area contributed by atoms with Gasteiger partial charge in [0.1, 0.15) is 17.7 Å². The zero-order chi connectivity index (χ0) is 42.7. The van der Waals surface area contributed by atoms with Crippen molar-refractivity contribution in [2.24, 2.45) is 23.2 Å².